The molecule has 1 aliphatic rings. The van der Waals surface area contributed by atoms with Crippen molar-refractivity contribution in [3.63, 3.8) is 0 Å². The molecule has 0 aromatic carbocycles. The third kappa shape index (κ3) is 2.10. The van der Waals surface area contributed by atoms with E-state index in [0.29, 0.717) is 4.90 Å². The van der Waals surface area contributed by atoms with Crippen molar-refractivity contribution >= 4 is 29.3 Å². The number of aromatic nitrogens is 1. The monoisotopic (exact) mass is 267 g/mol. The van der Waals surface area contributed by atoms with Gasteiger partial charge in [0.1, 0.15) is 11.1 Å². The van der Waals surface area contributed by atoms with Gasteiger partial charge in [-0.25, -0.2) is 4.57 Å². The molecule has 2 heterocycles. The van der Waals surface area contributed by atoms with E-state index < -0.39 is 11.7 Å². The molecule has 0 saturated heterocycles. The smallest absolute Gasteiger partial charge is 0.252 e. The fourth-order valence-electron chi connectivity index (χ4n) is 1.48. The summed E-state index contributed by atoms with van der Waals surface area (Å²) in [6.45, 7) is 0. The van der Waals surface area contributed by atoms with Crippen molar-refractivity contribution in [1.82, 2.24) is 0 Å². The zero-order valence-electron chi connectivity index (χ0n) is 8.63. The Balaban J connectivity index is 2.42. The first-order valence-electron chi connectivity index (χ1n) is 4.48. The fraction of sp³-hybridized carbons (Fsp3) is 0.444. The summed E-state index contributed by atoms with van der Waals surface area (Å²) < 4.78 is 39.3. The second kappa shape index (κ2) is 4.03. The van der Waals surface area contributed by atoms with Crippen LogP contribution in [0.3, 0.4) is 0 Å². The number of hydrogen-bond acceptors (Lipinski definition) is 3. The average molecular weight is 267 g/mol. The highest BCUT2D eigenvalue weighted by molar-refractivity contribution is 8.17. The number of fused-ring (bicyclic) bond motifs is 1. The van der Waals surface area contributed by atoms with E-state index in [1.807, 2.05) is 6.26 Å². The first-order chi connectivity index (χ1) is 7.41. The first kappa shape index (κ1) is 11.9. The molecular formula is C9H10F3N2S2+. The maximum Gasteiger partial charge on any atom is 0.419 e. The number of rotatable bonds is 1. The summed E-state index contributed by atoms with van der Waals surface area (Å²) in [5.74, 6) is 0.748. The van der Waals surface area contributed by atoms with Crippen LogP contribution in [0.15, 0.2) is 17.2 Å². The van der Waals surface area contributed by atoms with E-state index in [1.165, 1.54) is 22.4 Å². The summed E-state index contributed by atoms with van der Waals surface area (Å²) in [7, 11) is 1.62. The molecule has 1 N–H and O–H groups in total. The fourth-order valence-corrected chi connectivity index (χ4v) is 3.31. The Kier molecular flexibility index (Phi) is 3.00. The zero-order chi connectivity index (χ0) is 11.9. The van der Waals surface area contributed by atoms with Crippen LogP contribution in [0.25, 0.3) is 0 Å². The molecule has 88 valence electrons. The molecule has 1 aliphatic heterocycles. The Hall–Kier alpha value is -0.560. The summed E-state index contributed by atoms with van der Waals surface area (Å²) in [5, 5.41) is 3.15. The van der Waals surface area contributed by atoms with Crippen LogP contribution in [0, 0.1) is 0 Å². The standard InChI is InChI=1S/C9H9F3N2S2/c1-14-4-5(9(10,11)12)3-6-7(14)13-8(15-2)16-6/h3-4,8H,1-2H3/p+1. The highest BCUT2D eigenvalue weighted by Crippen LogP contribution is 2.42. The predicted octanol–water partition coefficient (Wildman–Crippen LogP) is 2.69. The average Bonchev–Trinajstić information content (AvgIpc) is 2.59. The Labute approximate surface area is 99.6 Å². The largest absolute Gasteiger partial charge is 0.419 e. The summed E-state index contributed by atoms with van der Waals surface area (Å²) in [6, 6.07) is 1.20. The Bertz CT molecular complexity index is 420. The number of halogens is 3. The molecule has 0 spiro atoms. The van der Waals surface area contributed by atoms with Crippen molar-refractivity contribution in [2.75, 3.05) is 11.6 Å². The summed E-state index contributed by atoms with van der Waals surface area (Å²) in [6.07, 6.45) is -1.26. The molecule has 2 nitrogen and oxygen atoms in total. The molecule has 1 aromatic rings. The zero-order valence-corrected chi connectivity index (χ0v) is 10.3. The first-order valence-corrected chi connectivity index (χ1v) is 6.65. The van der Waals surface area contributed by atoms with E-state index in [0.717, 1.165) is 12.0 Å². The van der Waals surface area contributed by atoms with Gasteiger partial charge in [0.2, 0.25) is 0 Å². The van der Waals surface area contributed by atoms with Crippen LogP contribution in [0.5, 0.6) is 0 Å². The second-order valence-corrected chi connectivity index (χ2v) is 5.77. The summed E-state index contributed by atoms with van der Waals surface area (Å²) in [5.41, 5.74) is -0.607. The number of hydrogen-bond donors (Lipinski definition) is 1. The quantitative estimate of drug-likeness (QED) is 0.788. The molecule has 0 amide bonds. The van der Waals surface area contributed by atoms with Gasteiger partial charge in [-0.2, -0.15) is 13.2 Å². The third-order valence-corrected chi connectivity index (χ3v) is 4.54. The lowest BCUT2D eigenvalue weighted by atomic mass is 10.2. The van der Waals surface area contributed by atoms with E-state index in [1.54, 1.807) is 18.8 Å². The van der Waals surface area contributed by atoms with E-state index >= 15 is 0 Å². The lowest BCUT2D eigenvalue weighted by Crippen LogP contribution is -2.33. The number of thioether (sulfide) groups is 2. The molecule has 0 fully saturated rings. The van der Waals surface area contributed by atoms with Crippen LogP contribution >= 0.6 is 23.5 Å². The van der Waals surface area contributed by atoms with Gasteiger partial charge in [0.15, 0.2) is 4.71 Å². The molecular weight excluding hydrogens is 257 g/mol. The number of anilines is 1. The number of pyridine rings is 1. The van der Waals surface area contributed by atoms with Gasteiger partial charge < -0.3 is 0 Å². The molecule has 0 aliphatic carbocycles. The predicted molar refractivity (Wildman–Crippen MR) is 59.4 cm³/mol. The molecule has 1 aromatic heterocycles. The molecule has 16 heavy (non-hydrogen) atoms. The molecule has 1 unspecified atom stereocenters. The minimum absolute atomic E-state index is 0.0877. The minimum Gasteiger partial charge on any atom is -0.252 e. The van der Waals surface area contributed by atoms with Crippen LogP contribution in [0.4, 0.5) is 19.0 Å². The highest BCUT2D eigenvalue weighted by Gasteiger charge is 2.37. The van der Waals surface area contributed by atoms with Crippen molar-refractivity contribution in [3.05, 3.63) is 17.8 Å². The van der Waals surface area contributed by atoms with Crippen molar-refractivity contribution in [1.29, 1.82) is 0 Å². The van der Waals surface area contributed by atoms with Gasteiger partial charge in [-0.15, -0.1) is 11.8 Å². The van der Waals surface area contributed by atoms with E-state index in [-0.39, 0.29) is 4.71 Å². The molecule has 2 rings (SSSR count). The van der Waals surface area contributed by atoms with E-state index in [2.05, 4.69) is 5.32 Å². The van der Waals surface area contributed by atoms with Gasteiger partial charge in [-0.3, -0.25) is 5.32 Å². The van der Waals surface area contributed by atoms with Crippen molar-refractivity contribution in [2.45, 2.75) is 15.8 Å². The summed E-state index contributed by atoms with van der Waals surface area (Å²) >= 11 is 2.98. The van der Waals surface area contributed by atoms with Gasteiger partial charge in [0, 0.05) is 0 Å². The Morgan fingerprint density at radius 1 is 1.50 bits per heavy atom. The van der Waals surface area contributed by atoms with Crippen LogP contribution in [0.1, 0.15) is 5.56 Å². The SMILES string of the molecule is CSC1Nc2c(cc(C(F)(F)F)c[n+]2C)S1. The number of nitrogens with one attached hydrogen (secondary N) is 1. The van der Waals surface area contributed by atoms with Crippen LogP contribution in [-0.4, -0.2) is 11.0 Å². The molecule has 0 saturated carbocycles. The summed E-state index contributed by atoms with van der Waals surface area (Å²) in [4.78, 5) is 0.650. The van der Waals surface area contributed by atoms with E-state index in [4.69, 9.17) is 0 Å². The van der Waals surface area contributed by atoms with Crippen LogP contribution in [0.2, 0.25) is 0 Å². The van der Waals surface area contributed by atoms with E-state index in [9.17, 15) is 13.2 Å². The van der Waals surface area contributed by atoms with Gasteiger partial charge in [0.05, 0.1) is 12.6 Å². The van der Waals surface area contributed by atoms with Crippen molar-refractivity contribution in [2.24, 2.45) is 7.05 Å². The van der Waals surface area contributed by atoms with Crippen LogP contribution < -0.4 is 9.88 Å². The van der Waals surface area contributed by atoms with Gasteiger partial charge in [-0.05, 0) is 12.3 Å². The van der Waals surface area contributed by atoms with Gasteiger partial charge in [-0.1, -0.05) is 11.8 Å². The van der Waals surface area contributed by atoms with Crippen molar-refractivity contribution in [3.8, 4) is 0 Å². The number of alkyl halides is 3. The molecule has 7 heteroatoms. The lowest BCUT2D eigenvalue weighted by Gasteiger charge is -2.07. The van der Waals surface area contributed by atoms with Crippen LogP contribution in [-0.2, 0) is 13.2 Å². The number of aryl methyl sites for hydroxylation is 1. The maximum atomic E-state index is 12.6. The molecule has 1 atom stereocenters. The highest BCUT2D eigenvalue weighted by atomic mass is 32.2. The van der Waals surface area contributed by atoms with Crippen molar-refractivity contribution < 1.29 is 17.7 Å². The molecule has 0 bridgehead atoms. The third-order valence-electron chi connectivity index (χ3n) is 2.24. The molecule has 0 radical (unpaired) electrons. The normalized spacial score (nSPS) is 19.4. The minimum atomic E-state index is -4.29. The Morgan fingerprint density at radius 2 is 2.19 bits per heavy atom. The Morgan fingerprint density at radius 3 is 2.75 bits per heavy atom. The lowest BCUT2D eigenvalue weighted by molar-refractivity contribution is -0.659. The maximum absolute atomic E-state index is 12.6. The number of nitrogens with zero attached hydrogens (tertiary/aromatic N) is 1. The topological polar surface area (TPSA) is 15.9 Å². The van der Waals surface area contributed by atoms with Gasteiger partial charge >= 0.3 is 6.18 Å². The van der Waals surface area contributed by atoms with Gasteiger partial charge in [0.25, 0.3) is 5.82 Å². The second-order valence-electron chi connectivity index (χ2n) is 3.38.